The second-order valence-corrected chi connectivity index (χ2v) is 6.24. The predicted octanol–water partition coefficient (Wildman–Crippen LogP) is 3.18. The zero-order valence-electron chi connectivity index (χ0n) is 12.9. The lowest BCUT2D eigenvalue weighted by atomic mass is 10.1. The van der Waals surface area contributed by atoms with Crippen LogP contribution >= 0.6 is 11.3 Å². The second-order valence-electron chi connectivity index (χ2n) is 5.38. The number of nitro groups is 1. The Labute approximate surface area is 140 Å². The summed E-state index contributed by atoms with van der Waals surface area (Å²) < 4.78 is 1.29. The molecule has 24 heavy (non-hydrogen) atoms. The van der Waals surface area contributed by atoms with Crippen molar-refractivity contribution < 1.29 is 9.72 Å². The molecule has 122 valence electrons. The summed E-state index contributed by atoms with van der Waals surface area (Å²) in [6.45, 7) is 3.05. The van der Waals surface area contributed by atoms with Gasteiger partial charge < -0.3 is 0 Å². The first-order valence-electron chi connectivity index (χ1n) is 7.13. The number of thiophene rings is 1. The van der Waals surface area contributed by atoms with Crippen LogP contribution < -0.4 is 5.56 Å². The summed E-state index contributed by atoms with van der Waals surface area (Å²) in [4.78, 5) is 39.6. The minimum atomic E-state index is -0.618. The van der Waals surface area contributed by atoms with Crippen LogP contribution in [-0.4, -0.2) is 20.3 Å². The van der Waals surface area contributed by atoms with E-state index in [2.05, 4.69) is 4.98 Å². The third kappa shape index (κ3) is 2.61. The zero-order chi connectivity index (χ0) is 17.4. The number of fused-ring (bicyclic) bond motifs is 1. The molecule has 2 heterocycles. The van der Waals surface area contributed by atoms with Crippen LogP contribution in [0.1, 0.15) is 19.9 Å². The van der Waals surface area contributed by atoms with Gasteiger partial charge in [-0.25, -0.2) is 4.98 Å². The van der Waals surface area contributed by atoms with E-state index < -0.39 is 11.0 Å². The molecule has 2 aromatic heterocycles. The van der Waals surface area contributed by atoms with Crippen LogP contribution in [0.25, 0.3) is 21.3 Å². The number of hydrogen-bond donors (Lipinski definition) is 0. The lowest BCUT2D eigenvalue weighted by Crippen LogP contribution is -2.27. The Bertz CT molecular complexity index is 1020. The van der Waals surface area contributed by atoms with Gasteiger partial charge in [-0.05, 0) is 19.4 Å². The molecule has 0 aliphatic heterocycles. The fraction of sp³-hybridized carbons (Fsp3) is 0.188. The van der Waals surface area contributed by atoms with E-state index in [0.29, 0.717) is 21.3 Å². The van der Waals surface area contributed by atoms with Gasteiger partial charge in [-0.2, -0.15) is 0 Å². The van der Waals surface area contributed by atoms with Crippen LogP contribution in [0, 0.1) is 10.1 Å². The van der Waals surface area contributed by atoms with E-state index in [1.165, 1.54) is 41.3 Å². The largest absolute Gasteiger partial charge is 0.298 e. The molecule has 0 N–H and O–H groups in total. The van der Waals surface area contributed by atoms with Gasteiger partial charge in [0.15, 0.2) is 5.78 Å². The number of nitro benzene ring substituents is 1. The first kappa shape index (κ1) is 16.0. The number of carbonyl (C=O) groups excluding carboxylic acids is 1. The minimum Gasteiger partial charge on any atom is -0.298 e. The molecular weight excluding hydrogens is 330 g/mol. The third-order valence-electron chi connectivity index (χ3n) is 3.89. The maximum absolute atomic E-state index is 12.8. The summed E-state index contributed by atoms with van der Waals surface area (Å²) in [5, 5.41) is 13.1. The van der Waals surface area contributed by atoms with Crippen molar-refractivity contribution in [3.63, 3.8) is 0 Å². The SMILES string of the molecule is CC(=O)C(C)n1cnc2scc(-c3cccc([N+](=O)[O-])c3)c2c1=O. The topological polar surface area (TPSA) is 95.1 Å². The van der Waals surface area contributed by atoms with Crippen LogP contribution in [0.2, 0.25) is 0 Å². The Morgan fingerprint density at radius 2 is 2.17 bits per heavy atom. The van der Waals surface area contributed by atoms with Gasteiger partial charge in [0.2, 0.25) is 0 Å². The lowest BCUT2D eigenvalue weighted by Gasteiger charge is -2.11. The molecule has 3 aromatic rings. The number of non-ortho nitro benzene ring substituents is 1. The molecular formula is C16H13N3O4S. The smallest absolute Gasteiger partial charge is 0.270 e. The molecule has 0 radical (unpaired) electrons. The fourth-order valence-corrected chi connectivity index (χ4v) is 3.32. The highest BCUT2D eigenvalue weighted by Gasteiger charge is 2.18. The number of aromatic nitrogens is 2. The van der Waals surface area contributed by atoms with Gasteiger partial charge >= 0.3 is 0 Å². The highest BCUT2D eigenvalue weighted by molar-refractivity contribution is 7.17. The highest BCUT2D eigenvalue weighted by atomic mass is 32.1. The summed E-state index contributed by atoms with van der Waals surface area (Å²) in [7, 11) is 0. The molecule has 0 aliphatic carbocycles. The van der Waals surface area contributed by atoms with E-state index in [0.717, 1.165) is 0 Å². The van der Waals surface area contributed by atoms with Gasteiger partial charge in [-0.1, -0.05) is 12.1 Å². The van der Waals surface area contributed by atoms with E-state index in [-0.39, 0.29) is 17.0 Å². The van der Waals surface area contributed by atoms with E-state index in [4.69, 9.17) is 0 Å². The molecule has 0 saturated heterocycles. The van der Waals surface area contributed by atoms with Crippen molar-refractivity contribution in [2.45, 2.75) is 19.9 Å². The molecule has 0 bridgehead atoms. The molecule has 8 heteroatoms. The third-order valence-corrected chi connectivity index (χ3v) is 4.78. The number of benzene rings is 1. The molecule has 0 fully saturated rings. The van der Waals surface area contributed by atoms with Gasteiger partial charge in [-0.15, -0.1) is 11.3 Å². The molecule has 1 aromatic carbocycles. The summed E-state index contributed by atoms with van der Waals surface area (Å²) in [6.07, 6.45) is 1.37. The summed E-state index contributed by atoms with van der Waals surface area (Å²) in [6, 6.07) is 5.48. The molecule has 7 nitrogen and oxygen atoms in total. The van der Waals surface area contributed by atoms with Crippen LogP contribution in [0.15, 0.2) is 40.8 Å². The van der Waals surface area contributed by atoms with Crippen LogP contribution in [0.5, 0.6) is 0 Å². The Kier molecular flexibility index (Phi) is 3.98. The zero-order valence-corrected chi connectivity index (χ0v) is 13.7. The van der Waals surface area contributed by atoms with Crippen LogP contribution in [-0.2, 0) is 4.79 Å². The average molecular weight is 343 g/mol. The van der Waals surface area contributed by atoms with Crippen LogP contribution in [0.4, 0.5) is 5.69 Å². The molecule has 3 rings (SSSR count). The number of nitrogens with zero attached hydrogens (tertiary/aromatic N) is 3. The molecule has 0 aliphatic rings. The van der Waals surface area contributed by atoms with Gasteiger partial charge in [0, 0.05) is 23.1 Å². The van der Waals surface area contributed by atoms with Crippen molar-refractivity contribution in [1.29, 1.82) is 0 Å². The first-order chi connectivity index (χ1) is 11.4. The Morgan fingerprint density at radius 3 is 2.83 bits per heavy atom. The quantitative estimate of drug-likeness (QED) is 0.535. The minimum absolute atomic E-state index is 0.0480. The van der Waals surface area contributed by atoms with Crippen molar-refractivity contribution in [3.05, 3.63) is 56.4 Å². The number of carbonyl (C=O) groups is 1. The first-order valence-corrected chi connectivity index (χ1v) is 8.01. The van der Waals surface area contributed by atoms with Crippen molar-refractivity contribution in [3.8, 4) is 11.1 Å². The van der Waals surface area contributed by atoms with Gasteiger partial charge in [-0.3, -0.25) is 24.3 Å². The van der Waals surface area contributed by atoms with Gasteiger partial charge in [0.25, 0.3) is 11.2 Å². The molecule has 0 amide bonds. The van der Waals surface area contributed by atoms with E-state index in [1.54, 1.807) is 24.4 Å². The van der Waals surface area contributed by atoms with Crippen molar-refractivity contribution in [2.24, 2.45) is 0 Å². The normalized spacial score (nSPS) is 12.2. The summed E-state index contributed by atoms with van der Waals surface area (Å²) in [5.41, 5.74) is 0.780. The van der Waals surface area contributed by atoms with Crippen molar-refractivity contribution in [2.75, 3.05) is 0 Å². The number of Topliss-reactive ketones (excluding diaryl/α,β-unsaturated/α-hetero) is 1. The lowest BCUT2D eigenvalue weighted by molar-refractivity contribution is -0.384. The number of rotatable bonds is 4. The monoisotopic (exact) mass is 343 g/mol. The van der Waals surface area contributed by atoms with Crippen molar-refractivity contribution in [1.82, 2.24) is 9.55 Å². The summed E-state index contributed by atoms with van der Waals surface area (Å²) >= 11 is 1.29. The maximum Gasteiger partial charge on any atom is 0.270 e. The highest BCUT2D eigenvalue weighted by Crippen LogP contribution is 2.32. The van der Waals surface area contributed by atoms with Gasteiger partial charge in [0.1, 0.15) is 4.83 Å². The molecule has 1 atom stereocenters. The average Bonchev–Trinajstić information content (AvgIpc) is 2.99. The summed E-state index contributed by atoms with van der Waals surface area (Å²) in [5.74, 6) is -0.148. The van der Waals surface area contributed by atoms with E-state index in [1.807, 2.05) is 0 Å². The standard InChI is InChI=1S/C16H13N3O4S/c1-9(10(2)20)18-8-17-15-14(16(18)21)13(7-24-15)11-4-3-5-12(6-11)19(22)23/h3-9H,1-2H3. The second kappa shape index (κ2) is 5.97. The predicted molar refractivity (Wildman–Crippen MR) is 91.4 cm³/mol. The number of ketones is 1. The maximum atomic E-state index is 12.8. The Balaban J connectivity index is 2.25. The van der Waals surface area contributed by atoms with Gasteiger partial charge in [0.05, 0.1) is 22.7 Å². The number of hydrogen-bond acceptors (Lipinski definition) is 6. The Morgan fingerprint density at radius 1 is 1.42 bits per heavy atom. The van der Waals surface area contributed by atoms with Crippen molar-refractivity contribution >= 4 is 33.0 Å². The molecule has 0 saturated carbocycles. The van der Waals surface area contributed by atoms with E-state index >= 15 is 0 Å². The van der Waals surface area contributed by atoms with Crippen LogP contribution in [0.3, 0.4) is 0 Å². The molecule has 1 unspecified atom stereocenters. The Hall–Kier alpha value is -2.87. The van der Waals surface area contributed by atoms with E-state index in [9.17, 15) is 19.7 Å². The fourth-order valence-electron chi connectivity index (χ4n) is 2.42. The molecule has 0 spiro atoms.